The number of aliphatic hydroxyl groups excluding tert-OH is 1. The lowest BCUT2D eigenvalue weighted by atomic mass is 10.3. The van der Waals surface area contributed by atoms with Crippen molar-refractivity contribution in [2.75, 3.05) is 12.8 Å². The topological polar surface area (TPSA) is 66.4 Å². The fraction of sp³-hybridized carbons (Fsp3) is 1.00. The van der Waals surface area contributed by atoms with E-state index in [0.717, 1.165) is 6.26 Å². The molecule has 0 fully saturated rings. The van der Waals surface area contributed by atoms with Gasteiger partial charge in [0.25, 0.3) is 0 Å². The standard InChI is InChI=1S/C5H13NO3S/c1-3-5(7)4-6-10(2,8)9/h5-7H,3-4H2,1-2H3/t5-/m0/s1. The van der Waals surface area contributed by atoms with Crippen LogP contribution < -0.4 is 4.72 Å². The lowest BCUT2D eigenvalue weighted by Gasteiger charge is -2.06. The maximum absolute atomic E-state index is 10.4. The summed E-state index contributed by atoms with van der Waals surface area (Å²) in [7, 11) is -3.14. The van der Waals surface area contributed by atoms with Crippen molar-refractivity contribution >= 4 is 10.0 Å². The molecule has 0 aliphatic carbocycles. The van der Waals surface area contributed by atoms with Crippen LogP contribution in [0.5, 0.6) is 0 Å². The Bertz CT molecular complexity index is 175. The summed E-state index contributed by atoms with van der Waals surface area (Å²) < 4.78 is 23.1. The Kier molecular flexibility index (Phi) is 3.85. The summed E-state index contributed by atoms with van der Waals surface area (Å²) >= 11 is 0. The predicted octanol–water partition coefficient (Wildman–Crippen LogP) is -0.694. The zero-order chi connectivity index (χ0) is 8.20. The molecular formula is C5H13NO3S. The van der Waals surface area contributed by atoms with E-state index in [2.05, 4.69) is 4.72 Å². The molecule has 0 amide bonds. The van der Waals surface area contributed by atoms with Gasteiger partial charge in [0.05, 0.1) is 12.4 Å². The molecule has 0 heterocycles. The molecule has 1 atom stereocenters. The molecule has 0 aromatic rings. The van der Waals surface area contributed by atoms with Gasteiger partial charge < -0.3 is 5.11 Å². The SMILES string of the molecule is CC[C@H](O)CNS(C)(=O)=O. The average molecular weight is 167 g/mol. The van der Waals surface area contributed by atoms with E-state index in [1.165, 1.54) is 0 Å². The van der Waals surface area contributed by atoms with Gasteiger partial charge in [-0.15, -0.1) is 0 Å². The summed E-state index contributed by atoms with van der Waals surface area (Å²) in [5.74, 6) is 0. The highest BCUT2D eigenvalue weighted by atomic mass is 32.2. The zero-order valence-electron chi connectivity index (χ0n) is 6.16. The molecule has 5 heteroatoms. The van der Waals surface area contributed by atoms with Crippen molar-refractivity contribution in [3.8, 4) is 0 Å². The molecule has 10 heavy (non-hydrogen) atoms. The highest BCUT2D eigenvalue weighted by molar-refractivity contribution is 7.88. The molecule has 0 saturated carbocycles. The Balaban J connectivity index is 3.56. The van der Waals surface area contributed by atoms with Crippen molar-refractivity contribution in [2.45, 2.75) is 19.4 Å². The number of hydrogen-bond donors (Lipinski definition) is 2. The Labute approximate surface area is 61.3 Å². The summed E-state index contributed by atoms with van der Waals surface area (Å²) in [4.78, 5) is 0. The third-order valence-corrected chi connectivity index (χ3v) is 1.74. The molecule has 0 spiro atoms. The van der Waals surface area contributed by atoms with Crippen molar-refractivity contribution in [2.24, 2.45) is 0 Å². The van der Waals surface area contributed by atoms with Gasteiger partial charge >= 0.3 is 0 Å². The number of rotatable bonds is 4. The predicted molar refractivity (Wildman–Crippen MR) is 39.1 cm³/mol. The van der Waals surface area contributed by atoms with E-state index in [0.29, 0.717) is 6.42 Å². The van der Waals surface area contributed by atoms with E-state index in [9.17, 15) is 8.42 Å². The molecule has 62 valence electrons. The van der Waals surface area contributed by atoms with Crippen molar-refractivity contribution < 1.29 is 13.5 Å². The number of aliphatic hydroxyl groups is 1. The minimum atomic E-state index is -3.14. The summed E-state index contributed by atoms with van der Waals surface area (Å²) in [5.41, 5.74) is 0. The van der Waals surface area contributed by atoms with Gasteiger partial charge in [0.2, 0.25) is 10.0 Å². The molecule has 0 saturated heterocycles. The fourth-order valence-electron chi connectivity index (χ4n) is 0.392. The van der Waals surface area contributed by atoms with Gasteiger partial charge in [0, 0.05) is 6.54 Å². The van der Waals surface area contributed by atoms with E-state index in [4.69, 9.17) is 5.11 Å². The lowest BCUT2D eigenvalue weighted by Crippen LogP contribution is -2.30. The van der Waals surface area contributed by atoms with Gasteiger partial charge in [-0.25, -0.2) is 13.1 Å². The molecule has 2 N–H and O–H groups in total. The molecule has 0 radical (unpaired) electrons. The number of nitrogens with one attached hydrogen (secondary N) is 1. The first-order valence-corrected chi connectivity index (χ1v) is 4.97. The Hall–Kier alpha value is -0.130. The van der Waals surface area contributed by atoms with Gasteiger partial charge in [-0.05, 0) is 6.42 Å². The van der Waals surface area contributed by atoms with Crippen LogP contribution in [0.1, 0.15) is 13.3 Å². The maximum Gasteiger partial charge on any atom is 0.208 e. The quantitative estimate of drug-likeness (QED) is 0.582. The maximum atomic E-state index is 10.4. The zero-order valence-corrected chi connectivity index (χ0v) is 6.98. The first-order chi connectivity index (χ1) is 4.45. The van der Waals surface area contributed by atoms with Crippen LogP contribution in [0.2, 0.25) is 0 Å². The van der Waals surface area contributed by atoms with Crippen molar-refractivity contribution in [3.63, 3.8) is 0 Å². The largest absolute Gasteiger partial charge is 0.392 e. The summed E-state index contributed by atoms with van der Waals surface area (Å²) in [5, 5.41) is 8.89. The monoisotopic (exact) mass is 167 g/mol. The molecule has 0 aliphatic heterocycles. The third-order valence-electron chi connectivity index (χ3n) is 1.05. The Morgan fingerprint density at radius 1 is 1.60 bits per heavy atom. The highest BCUT2D eigenvalue weighted by Gasteiger charge is 2.04. The summed E-state index contributed by atoms with van der Waals surface area (Å²) in [6.45, 7) is 1.89. The van der Waals surface area contributed by atoms with Gasteiger partial charge in [-0.3, -0.25) is 0 Å². The second kappa shape index (κ2) is 3.90. The van der Waals surface area contributed by atoms with E-state index in [1.807, 2.05) is 0 Å². The van der Waals surface area contributed by atoms with Crippen molar-refractivity contribution in [3.05, 3.63) is 0 Å². The minimum Gasteiger partial charge on any atom is -0.392 e. The molecule has 0 unspecified atom stereocenters. The first kappa shape index (κ1) is 9.87. The van der Waals surface area contributed by atoms with Crippen LogP contribution in [-0.2, 0) is 10.0 Å². The van der Waals surface area contributed by atoms with Gasteiger partial charge in [0.15, 0.2) is 0 Å². The van der Waals surface area contributed by atoms with Crippen molar-refractivity contribution in [1.82, 2.24) is 4.72 Å². The normalized spacial score (nSPS) is 15.1. The van der Waals surface area contributed by atoms with Crippen LogP contribution in [0, 0.1) is 0 Å². The van der Waals surface area contributed by atoms with Gasteiger partial charge in [0.1, 0.15) is 0 Å². The molecule has 4 nitrogen and oxygen atoms in total. The molecule has 0 bridgehead atoms. The minimum absolute atomic E-state index is 0.106. The second-order valence-electron chi connectivity index (χ2n) is 2.18. The van der Waals surface area contributed by atoms with E-state index in [1.54, 1.807) is 6.92 Å². The van der Waals surface area contributed by atoms with Crippen LogP contribution in [0.25, 0.3) is 0 Å². The van der Waals surface area contributed by atoms with Crippen molar-refractivity contribution in [1.29, 1.82) is 0 Å². The molecular weight excluding hydrogens is 154 g/mol. The van der Waals surface area contributed by atoms with E-state index >= 15 is 0 Å². The third kappa shape index (κ3) is 6.00. The van der Waals surface area contributed by atoms with Gasteiger partial charge in [-0.2, -0.15) is 0 Å². The molecule has 0 aromatic heterocycles. The average Bonchev–Trinajstić information content (AvgIpc) is 1.81. The Morgan fingerprint density at radius 2 is 2.10 bits per heavy atom. The summed E-state index contributed by atoms with van der Waals surface area (Å²) in [6.07, 6.45) is 1.05. The first-order valence-electron chi connectivity index (χ1n) is 3.08. The van der Waals surface area contributed by atoms with Crippen LogP contribution in [-0.4, -0.2) is 32.4 Å². The fourth-order valence-corrected chi connectivity index (χ4v) is 0.887. The Morgan fingerprint density at radius 3 is 2.40 bits per heavy atom. The number of sulfonamides is 1. The summed E-state index contributed by atoms with van der Waals surface area (Å²) in [6, 6.07) is 0. The van der Waals surface area contributed by atoms with Crippen LogP contribution in [0.15, 0.2) is 0 Å². The van der Waals surface area contributed by atoms with Crippen LogP contribution in [0.3, 0.4) is 0 Å². The smallest absolute Gasteiger partial charge is 0.208 e. The molecule has 0 rings (SSSR count). The number of hydrogen-bond acceptors (Lipinski definition) is 3. The second-order valence-corrected chi connectivity index (χ2v) is 4.02. The van der Waals surface area contributed by atoms with Crippen LogP contribution in [0.4, 0.5) is 0 Å². The molecule has 0 aliphatic rings. The molecule has 0 aromatic carbocycles. The van der Waals surface area contributed by atoms with Gasteiger partial charge in [-0.1, -0.05) is 6.92 Å². The highest BCUT2D eigenvalue weighted by Crippen LogP contribution is 1.87. The van der Waals surface area contributed by atoms with Crippen LogP contribution >= 0.6 is 0 Å². The van der Waals surface area contributed by atoms with E-state index in [-0.39, 0.29) is 6.54 Å². The van der Waals surface area contributed by atoms with E-state index < -0.39 is 16.1 Å². The lowest BCUT2D eigenvalue weighted by molar-refractivity contribution is 0.174.